The largest absolute Gasteiger partial charge is 0.496 e. The number of benzene rings is 1. The molecule has 2 heterocycles. The number of pyridine rings is 1. The molecule has 0 aliphatic carbocycles. The quantitative estimate of drug-likeness (QED) is 0.562. The van der Waals surface area contributed by atoms with E-state index in [9.17, 15) is 13.2 Å². The van der Waals surface area contributed by atoms with Gasteiger partial charge in [-0.1, -0.05) is 6.07 Å². The van der Waals surface area contributed by atoms with Crippen LogP contribution in [-0.2, 0) is 12.8 Å². The van der Waals surface area contributed by atoms with E-state index >= 15 is 0 Å². The van der Waals surface area contributed by atoms with Gasteiger partial charge in [0.05, 0.1) is 12.7 Å². The van der Waals surface area contributed by atoms with Gasteiger partial charge < -0.3 is 14.2 Å². The van der Waals surface area contributed by atoms with Crippen LogP contribution < -0.4 is 14.2 Å². The Hall–Kier alpha value is -2.74. The van der Waals surface area contributed by atoms with E-state index in [0.717, 1.165) is 17.7 Å². The standard InChI is InChI=1S/C18H14F3NO3S/c1-23-15-8-16(24-10-12-5-6-26-11-12)22-17(9-15)25-14-4-2-3-13(7-14)18(19,20)21/h2-9,11H,10H2,1H3. The molecule has 0 bridgehead atoms. The predicted molar refractivity (Wildman–Crippen MR) is 91.0 cm³/mol. The fourth-order valence-electron chi connectivity index (χ4n) is 2.09. The van der Waals surface area contributed by atoms with Gasteiger partial charge in [0.25, 0.3) is 0 Å². The Bertz CT molecular complexity index is 866. The number of nitrogens with zero attached hydrogens (tertiary/aromatic N) is 1. The van der Waals surface area contributed by atoms with Crippen LogP contribution in [0.3, 0.4) is 0 Å². The highest BCUT2D eigenvalue weighted by Crippen LogP contribution is 2.33. The van der Waals surface area contributed by atoms with E-state index in [1.165, 1.54) is 25.3 Å². The molecule has 0 fully saturated rings. The summed E-state index contributed by atoms with van der Waals surface area (Å²) in [4.78, 5) is 4.17. The van der Waals surface area contributed by atoms with Crippen LogP contribution in [0.15, 0.2) is 53.2 Å². The van der Waals surface area contributed by atoms with Crippen LogP contribution in [0.25, 0.3) is 0 Å². The molecule has 26 heavy (non-hydrogen) atoms. The summed E-state index contributed by atoms with van der Waals surface area (Å²) >= 11 is 1.55. The lowest BCUT2D eigenvalue weighted by Crippen LogP contribution is -2.04. The Labute approximate surface area is 151 Å². The number of thiophene rings is 1. The molecule has 0 saturated carbocycles. The summed E-state index contributed by atoms with van der Waals surface area (Å²) in [6, 6.07) is 9.54. The smallest absolute Gasteiger partial charge is 0.416 e. The second-order valence-corrected chi connectivity index (χ2v) is 6.01. The molecule has 0 atom stereocenters. The molecule has 0 unspecified atom stereocenters. The summed E-state index contributed by atoms with van der Waals surface area (Å²) in [5.74, 6) is 0.758. The van der Waals surface area contributed by atoms with Gasteiger partial charge in [-0.25, -0.2) is 0 Å². The number of hydrogen-bond donors (Lipinski definition) is 0. The van der Waals surface area contributed by atoms with Crippen LogP contribution in [0.2, 0.25) is 0 Å². The van der Waals surface area contributed by atoms with E-state index in [2.05, 4.69) is 4.98 Å². The van der Waals surface area contributed by atoms with Crippen LogP contribution in [-0.4, -0.2) is 12.1 Å². The van der Waals surface area contributed by atoms with Crippen LogP contribution in [0.4, 0.5) is 13.2 Å². The topological polar surface area (TPSA) is 40.6 Å². The molecule has 0 amide bonds. The Morgan fingerprint density at radius 2 is 1.85 bits per heavy atom. The van der Waals surface area contributed by atoms with Crippen molar-refractivity contribution in [3.8, 4) is 23.3 Å². The van der Waals surface area contributed by atoms with Gasteiger partial charge in [-0.05, 0) is 35.0 Å². The molecule has 1 aromatic carbocycles. The van der Waals surface area contributed by atoms with Gasteiger partial charge in [0.2, 0.25) is 11.8 Å². The van der Waals surface area contributed by atoms with Crippen molar-refractivity contribution in [3.63, 3.8) is 0 Å². The zero-order valence-electron chi connectivity index (χ0n) is 13.6. The molecule has 2 aromatic heterocycles. The molecule has 0 spiro atoms. The molecule has 8 heteroatoms. The highest BCUT2D eigenvalue weighted by molar-refractivity contribution is 7.07. The van der Waals surface area contributed by atoms with Crippen molar-refractivity contribution in [3.05, 3.63) is 64.4 Å². The van der Waals surface area contributed by atoms with Gasteiger partial charge >= 0.3 is 6.18 Å². The van der Waals surface area contributed by atoms with Crippen LogP contribution in [0.1, 0.15) is 11.1 Å². The average molecular weight is 381 g/mol. The first kappa shape index (κ1) is 18.1. The van der Waals surface area contributed by atoms with Gasteiger partial charge in [-0.2, -0.15) is 29.5 Å². The minimum Gasteiger partial charge on any atom is -0.496 e. The monoisotopic (exact) mass is 381 g/mol. The van der Waals surface area contributed by atoms with Gasteiger partial charge in [0.1, 0.15) is 18.1 Å². The highest BCUT2D eigenvalue weighted by atomic mass is 32.1. The lowest BCUT2D eigenvalue weighted by atomic mass is 10.2. The molecule has 3 aromatic rings. The molecule has 0 radical (unpaired) electrons. The third-order valence-corrected chi connectivity index (χ3v) is 4.07. The van der Waals surface area contributed by atoms with E-state index in [-0.39, 0.29) is 17.5 Å². The van der Waals surface area contributed by atoms with E-state index in [1.54, 1.807) is 17.4 Å². The number of aromatic nitrogens is 1. The van der Waals surface area contributed by atoms with Gasteiger partial charge in [-0.3, -0.25) is 0 Å². The van der Waals surface area contributed by atoms with Gasteiger partial charge in [0, 0.05) is 17.7 Å². The third-order valence-electron chi connectivity index (χ3n) is 3.34. The van der Waals surface area contributed by atoms with Gasteiger partial charge in [-0.15, -0.1) is 0 Å². The molecule has 0 saturated heterocycles. The summed E-state index contributed by atoms with van der Waals surface area (Å²) in [7, 11) is 1.46. The zero-order valence-corrected chi connectivity index (χ0v) is 14.4. The van der Waals surface area contributed by atoms with E-state index < -0.39 is 11.7 Å². The highest BCUT2D eigenvalue weighted by Gasteiger charge is 2.30. The van der Waals surface area contributed by atoms with Crippen molar-refractivity contribution >= 4 is 11.3 Å². The fourth-order valence-corrected chi connectivity index (χ4v) is 2.74. The maximum Gasteiger partial charge on any atom is 0.416 e. The fraction of sp³-hybridized carbons (Fsp3) is 0.167. The molecular weight excluding hydrogens is 367 g/mol. The van der Waals surface area contributed by atoms with Crippen molar-refractivity contribution in [1.29, 1.82) is 0 Å². The average Bonchev–Trinajstić information content (AvgIpc) is 3.13. The second-order valence-electron chi connectivity index (χ2n) is 5.23. The van der Waals surface area contributed by atoms with Crippen LogP contribution >= 0.6 is 11.3 Å². The minimum absolute atomic E-state index is 0.0179. The molecule has 0 N–H and O–H groups in total. The first-order chi connectivity index (χ1) is 12.4. The first-order valence-electron chi connectivity index (χ1n) is 7.49. The lowest BCUT2D eigenvalue weighted by molar-refractivity contribution is -0.137. The summed E-state index contributed by atoms with van der Waals surface area (Å²) in [6.45, 7) is 0.312. The SMILES string of the molecule is COc1cc(OCc2ccsc2)nc(Oc2cccc(C(F)(F)F)c2)c1. The van der Waals surface area contributed by atoms with E-state index in [0.29, 0.717) is 12.4 Å². The van der Waals surface area contributed by atoms with E-state index in [1.807, 2.05) is 16.8 Å². The Morgan fingerprint density at radius 3 is 2.54 bits per heavy atom. The van der Waals surface area contributed by atoms with Crippen molar-refractivity contribution in [2.75, 3.05) is 7.11 Å². The van der Waals surface area contributed by atoms with E-state index in [4.69, 9.17) is 14.2 Å². The summed E-state index contributed by atoms with van der Waals surface area (Å²) in [6.07, 6.45) is -4.45. The number of hydrogen-bond acceptors (Lipinski definition) is 5. The lowest BCUT2D eigenvalue weighted by Gasteiger charge is -2.12. The van der Waals surface area contributed by atoms with Crippen molar-refractivity contribution in [1.82, 2.24) is 4.98 Å². The molecule has 136 valence electrons. The molecule has 3 rings (SSSR count). The first-order valence-corrected chi connectivity index (χ1v) is 8.43. The Balaban J connectivity index is 1.79. The summed E-state index contributed by atoms with van der Waals surface area (Å²) in [5, 5.41) is 3.88. The number of halogens is 3. The van der Waals surface area contributed by atoms with Gasteiger partial charge in [0.15, 0.2) is 0 Å². The van der Waals surface area contributed by atoms with Crippen LogP contribution in [0.5, 0.6) is 23.3 Å². The maximum absolute atomic E-state index is 12.8. The van der Waals surface area contributed by atoms with Crippen molar-refractivity contribution < 1.29 is 27.4 Å². The maximum atomic E-state index is 12.8. The molecule has 0 aliphatic rings. The summed E-state index contributed by atoms with van der Waals surface area (Å²) < 4.78 is 54.7. The summed E-state index contributed by atoms with van der Waals surface area (Å²) in [5.41, 5.74) is 0.187. The Morgan fingerprint density at radius 1 is 1.04 bits per heavy atom. The zero-order chi connectivity index (χ0) is 18.6. The number of alkyl halides is 3. The molecular formula is C18H14F3NO3S. The van der Waals surface area contributed by atoms with Crippen molar-refractivity contribution in [2.24, 2.45) is 0 Å². The van der Waals surface area contributed by atoms with Crippen LogP contribution in [0, 0.1) is 0 Å². The normalized spacial score (nSPS) is 11.2. The minimum atomic E-state index is -4.45. The molecule has 0 aliphatic heterocycles. The Kier molecular flexibility index (Phi) is 5.32. The number of methoxy groups -OCH3 is 1. The second kappa shape index (κ2) is 7.65. The number of rotatable bonds is 6. The molecule has 4 nitrogen and oxygen atoms in total. The number of ether oxygens (including phenoxy) is 3. The van der Waals surface area contributed by atoms with Crippen molar-refractivity contribution in [2.45, 2.75) is 12.8 Å². The predicted octanol–water partition coefficient (Wildman–Crippen LogP) is 5.54. The third kappa shape index (κ3) is 4.66.